The fourth-order valence-corrected chi connectivity index (χ4v) is 4.60. The molecule has 1 amide bonds. The number of carbonyl (C=O) groups excluding carboxylic acids is 1. The molecule has 8 heteroatoms. The molecule has 1 heterocycles. The van der Waals surface area contributed by atoms with Crippen LogP contribution < -0.4 is 18.9 Å². The number of methoxy groups -OCH3 is 4. The number of nitrogens with zero attached hydrogens (tertiary/aromatic N) is 2. The first-order chi connectivity index (χ1) is 16.2. The third kappa shape index (κ3) is 6.53. The molecule has 0 aliphatic carbocycles. The van der Waals surface area contributed by atoms with Crippen molar-refractivity contribution in [1.82, 2.24) is 9.80 Å². The molecule has 1 aliphatic rings. The van der Waals surface area contributed by atoms with Crippen LogP contribution in [0.1, 0.15) is 41.8 Å². The molecule has 0 N–H and O–H groups in total. The molecular weight excluding hydrogens is 468 g/mol. The predicted octanol–water partition coefficient (Wildman–Crippen LogP) is 4.44. The summed E-state index contributed by atoms with van der Waals surface area (Å²) >= 11 is 0. The Morgan fingerprint density at radius 2 is 1.49 bits per heavy atom. The molecule has 0 fully saturated rings. The number of likely N-dealkylation sites (N-methyl/N-ethyl adjacent to an activating group) is 1. The Morgan fingerprint density at radius 1 is 0.886 bits per heavy atom. The lowest BCUT2D eigenvalue weighted by Crippen LogP contribution is -2.47. The van der Waals surface area contributed by atoms with Crippen LogP contribution in [0.15, 0.2) is 30.3 Å². The standard InChI is InChI=1S/C27H38N2O5.ClH/c1-27(2)18-29(26(30)20-16-24(33-6)25(34-7)17-21(20)27)13-8-12-28(3)14-11-19-9-10-22(31-4)23(15-19)32-5;/h9-10,15-17H,8,11-14,18H2,1-7H3;1H. The van der Waals surface area contributed by atoms with Crippen molar-refractivity contribution in [3.05, 3.63) is 47.0 Å². The smallest absolute Gasteiger partial charge is 0.254 e. The van der Waals surface area contributed by atoms with Crippen molar-refractivity contribution in [2.75, 3.05) is 61.7 Å². The van der Waals surface area contributed by atoms with Gasteiger partial charge in [0.2, 0.25) is 0 Å². The van der Waals surface area contributed by atoms with Gasteiger partial charge in [0.1, 0.15) is 0 Å². The molecule has 0 spiro atoms. The van der Waals surface area contributed by atoms with Crippen molar-refractivity contribution in [3.8, 4) is 23.0 Å². The molecule has 194 valence electrons. The second-order valence-corrected chi connectivity index (χ2v) is 9.46. The van der Waals surface area contributed by atoms with Crippen molar-refractivity contribution in [2.24, 2.45) is 0 Å². The van der Waals surface area contributed by atoms with E-state index in [0.29, 0.717) is 23.6 Å². The molecule has 0 saturated carbocycles. The number of fused-ring (bicyclic) bond motifs is 1. The fraction of sp³-hybridized carbons (Fsp3) is 0.519. The topological polar surface area (TPSA) is 60.5 Å². The van der Waals surface area contributed by atoms with Gasteiger partial charge in [-0.05, 0) is 61.8 Å². The number of halogens is 1. The number of benzene rings is 2. The number of carbonyl (C=O) groups is 1. The minimum atomic E-state index is -0.165. The third-order valence-corrected chi connectivity index (χ3v) is 6.55. The largest absolute Gasteiger partial charge is 0.493 e. The number of hydrogen-bond acceptors (Lipinski definition) is 6. The van der Waals surface area contributed by atoms with E-state index < -0.39 is 0 Å². The van der Waals surface area contributed by atoms with Crippen molar-refractivity contribution in [1.29, 1.82) is 0 Å². The molecular formula is C27H39ClN2O5. The van der Waals surface area contributed by atoms with Crippen molar-refractivity contribution >= 4 is 18.3 Å². The van der Waals surface area contributed by atoms with Crippen molar-refractivity contribution < 1.29 is 23.7 Å². The second kappa shape index (κ2) is 12.4. The van der Waals surface area contributed by atoms with Gasteiger partial charge in [-0.25, -0.2) is 0 Å². The zero-order valence-electron chi connectivity index (χ0n) is 22.0. The summed E-state index contributed by atoms with van der Waals surface area (Å²) in [5.41, 5.74) is 2.76. The van der Waals surface area contributed by atoms with Crippen molar-refractivity contribution in [2.45, 2.75) is 32.1 Å². The van der Waals surface area contributed by atoms with Gasteiger partial charge >= 0.3 is 0 Å². The molecule has 0 saturated heterocycles. The summed E-state index contributed by atoms with van der Waals surface area (Å²) in [6.07, 6.45) is 1.83. The van der Waals surface area contributed by atoms with Crippen LogP contribution in [-0.4, -0.2) is 77.4 Å². The Kier molecular flexibility index (Phi) is 10.1. The van der Waals surface area contributed by atoms with Crippen LogP contribution in [0.3, 0.4) is 0 Å². The van der Waals surface area contributed by atoms with Gasteiger partial charge in [0.25, 0.3) is 5.91 Å². The highest BCUT2D eigenvalue weighted by atomic mass is 35.5. The van der Waals surface area contributed by atoms with Gasteiger partial charge in [-0.1, -0.05) is 19.9 Å². The first-order valence-corrected chi connectivity index (χ1v) is 11.7. The van der Waals surface area contributed by atoms with Crippen LogP contribution in [0.2, 0.25) is 0 Å². The zero-order valence-corrected chi connectivity index (χ0v) is 22.8. The van der Waals surface area contributed by atoms with Gasteiger partial charge < -0.3 is 28.7 Å². The summed E-state index contributed by atoms with van der Waals surface area (Å²) in [4.78, 5) is 17.5. The summed E-state index contributed by atoms with van der Waals surface area (Å²) in [5.74, 6) is 2.80. The fourth-order valence-electron chi connectivity index (χ4n) is 4.60. The predicted molar refractivity (Wildman–Crippen MR) is 141 cm³/mol. The maximum atomic E-state index is 13.3. The van der Waals surface area contributed by atoms with Crippen LogP contribution in [0.4, 0.5) is 0 Å². The van der Waals surface area contributed by atoms with E-state index in [-0.39, 0.29) is 23.7 Å². The van der Waals surface area contributed by atoms with Crippen LogP contribution in [-0.2, 0) is 11.8 Å². The zero-order chi connectivity index (χ0) is 24.9. The summed E-state index contributed by atoms with van der Waals surface area (Å²) in [6, 6.07) is 9.82. The minimum Gasteiger partial charge on any atom is -0.493 e. The normalized spacial score (nSPS) is 14.3. The Bertz CT molecular complexity index is 1010. The van der Waals surface area contributed by atoms with Gasteiger partial charge in [0.05, 0.1) is 28.4 Å². The summed E-state index contributed by atoms with van der Waals surface area (Å²) < 4.78 is 21.6. The van der Waals surface area contributed by atoms with E-state index in [4.69, 9.17) is 18.9 Å². The summed E-state index contributed by atoms with van der Waals surface area (Å²) in [6.45, 7) is 7.59. The van der Waals surface area contributed by atoms with E-state index in [2.05, 4.69) is 31.9 Å². The van der Waals surface area contributed by atoms with E-state index in [1.807, 2.05) is 29.2 Å². The molecule has 1 aliphatic heterocycles. The van der Waals surface area contributed by atoms with Gasteiger partial charge in [0, 0.05) is 30.6 Å². The minimum absolute atomic E-state index is 0. The van der Waals surface area contributed by atoms with E-state index in [9.17, 15) is 4.79 Å². The van der Waals surface area contributed by atoms with Crippen LogP contribution in [0.5, 0.6) is 23.0 Å². The van der Waals surface area contributed by atoms with Gasteiger partial charge in [-0.3, -0.25) is 4.79 Å². The van der Waals surface area contributed by atoms with Crippen LogP contribution in [0, 0.1) is 0 Å². The molecule has 0 aromatic heterocycles. The Labute approximate surface area is 215 Å². The van der Waals surface area contributed by atoms with E-state index in [1.165, 1.54) is 5.56 Å². The molecule has 0 unspecified atom stereocenters. The first kappa shape index (κ1) is 28.6. The molecule has 2 aromatic rings. The first-order valence-electron chi connectivity index (χ1n) is 11.7. The maximum absolute atomic E-state index is 13.3. The molecule has 0 atom stereocenters. The van der Waals surface area contributed by atoms with Crippen LogP contribution in [0.25, 0.3) is 0 Å². The van der Waals surface area contributed by atoms with E-state index in [1.54, 1.807) is 28.4 Å². The number of rotatable bonds is 11. The third-order valence-electron chi connectivity index (χ3n) is 6.55. The van der Waals surface area contributed by atoms with Crippen molar-refractivity contribution in [3.63, 3.8) is 0 Å². The number of hydrogen-bond donors (Lipinski definition) is 0. The number of ether oxygens (including phenoxy) is 4. The van der Waals surface area contributed by atoms with Gasteiger partial charge in [-0.2, -0.15) is 0 Å². The Balaban J connectivity index is 0.00000432. The molecule has 35 heavy (non-hydrogen) atoms. The average Bonchev–Trinajstić information content (AvgIpc) is 2.84. The van der Waals surface area contributed by atoms with Crippen LogP contribution >= 0.6 is 12.4 Å². The molecule has 7 nitrogen and oxygen atoms in total. The highest BCUT2D eigenvalue weighted by Crippen LogP contribution is 2.40. The molecule has 3 rings (SSSR count). The summed E-state index contributed by atoms with van der Waals surface area (Å²) in [5, 5.41) is 0. The average molecular weight is 507 g/mol. The monoisotopic (exact) mass is 506 g/mol. The molecule has 2 aromatic carbocycles. The Hall–Kier alpha value is -2.64. The van der Waals surface area contributed by atoms with Gasteiger partial charge in [-0.15, -0.1) is 12.4 Å². The lowest BCUT2D eigenvalue weighted by molar-refractivity contribution is 0.0680. The second-order valence-electron chi connectivity index (χ2n) is 9.46. The lowest BCUT2D eigenvalue weighted by Gasteiger charge is -2.40. The molecule has 0 radical (unpaired) electrons. The summed E-state index contributed by atoms with van der Waals surface area (Å²) in [7, 11) is 8.64. The quantitative estimate of drug-likeness (QED) is 0.449. The highest BCUT2D eigenvalue weighted by Gasteiger charge is 2.37. The van der Waals surface area contributed by atoms with E-state index in [0.717, 1.165) is 49.5 Å². The van der Waals surface area contributed by atoms with Gasteiger partial charge in [0.15, 0.2) is 23.0 Å². The van der Waals surface area contributed by atoms with E-state index >= 15 is 0 Å². The number of amides is 1. The Morgan fingerprint density at radius 3 is 2.11 bits per heavy atom. The SMILES string of the molecule is COc1ccc(CCN(C)CCCN2CC(C)(C)c3cc(OC)c(OC)cc3C2=O)cc1OC.Cl. The highest BCUT2D eigenvalue weighted by molar-refractivity contribution is 5.98. The maximum Gasteiger partial charge on any atom is 0.254 e. The lowest BCUT2D eigenvalue weighted by atomic mass is 9.77. The molecule has 0 bridgehead atoms.